The van der Waals surface area contributed by atoms with E-state index in [9.17, 15) is 9.50 Å². The number of hydrogen-bond donors (Lipinski definition) is 2. The van der Waals surface area contributed by atoms with E-state index in [-0.39, 0.29) is 6.67 Å². The number of rotatable bonds is 3. The van der Waals surface area contributed by atoms with Gasteiger partial charge in [0.2, 0.25) is 0 Å². The molecule has 3 nitrogen and oxygen atoms in total. The van der Waals surface area contributed by atoms with Gasteiger partial charge in [-0.25, -0.2) is 4.39 Å². The van der Waals surface area contributed by atoms with Crippen LogP contribution in [0.15, 0.2) is 0 Å². The summed E-state index contributed by atoms with van der Waals surface area (Å²) < 4.78 is 11.9. The van der Waals surface area contributed by atoms with Crippen molar-refractivity contribution in [1.82, 2.24) is 4.90 Å². The van der Waals surface area contributed by atoms with Crippen LogP contribution in [0, 0.1) is 0 Å². The second kappa shape index (κ2) is 4.16. The summed E-state index contributed by atoms with van der Waals surface area (Å²) in [7, 11) is 0. The average Bonchev–Trinajstić information content (AvgIpc) is 2.10. The van der Waals surface area contributed by atoms with Gasteiger partial charge in [0.1, 0.15) is 6.67 Å². The molecule has 1 aliphatic rings. The van der Waals surface area contributed by atoms with Gasteiger partial charge in [0.15, 0.2) is 0 Å². The molecule has 3 N–H and O–H groups in total. The molecule has 1 fully saturated rings. The summed E-state index contributed by atoms with van der Waals surface area (Å²) >= 11 is 0. The maximum absolute atomic E-state index is 11.9. The normalized spacial score (nSPS) is 24.2. The van der Waals surface area contributed by atoms with E-state index in [4.69, 9.17) is 5.73 Å². The molecule has 0 atom stereocenters. The molecule has 0 bridgehead atoms. The first-order valence-electron chi connectivity index (χ1n) is 4.41. The van der Waals surface area contributed by atoms with Crippen LogP contribution in [0.4, 0.5) is 4.39 Å². The van der Waals surface area contributed by atoms with E-state index < -0.39 is 5.60 Å². The van der Waals surface area contributed by atoms with Crippen molar-refractivity contribution >= 4 is 0 Å². The summed E-state index contributed by atoms with van der Waals surface area (Å²) in [6.07, 6.45) is 1.34. The number of hydrogen-bond acceptors (Lipinski definition) is 3. The lowest BCUT2D eigenvalue weighted by molar-refractivity contribution is -0.0143. The van der Waals surface area contributed by atoms with Gasteiger partial charge in [-0.1, -0.05) is 0 Å². The van der Waals surface area contributed by atoms with Crippen LogP contribution in [-0.2, 0) is 0 Å². The fourth-order valence-electron chi connectivity index (χ4n) is 1.52. The molecule has 4 heteroatoms. The first-order valence-corrected chi connectivity index (χ1v) is 4.41. The molecule has 0 aromatic carbocycles. The Morgan fingerprint density at radius 2 is 2.00 bits per heavy atom. The molecule has 0 amide bonds. The number of piperidine rings is 1. The van der Waals surface area contributed by atoms with Crippen LogP contribution in [0.25, 0.3) is 0 Å². The highest BCUT2D eigenvalue weighted by atomic mass is 19.1. The van der Waals surface area contributed by atoms with E-state index in [0.717, 1.165) is 13.1 Å². The molecule has 1 aliphatic heterocycles. The van der Waals surface area contributed by atoms with Crippen molar-refractivity contribution in [2.24, 2.45) is 5.73 Å². The Hall–Kier alpha value is -0.190. The predicted octanol–water partition coefficient (Wildman–Crippen LogP) is -0.259. The number of likely N-dealkylation sites (tertiary alicyclic amines) is 1. The number of aliphatic hydroxyl groups is 1. The zero-order valence-corrected chi connectivity index (χ0v) is 7.30. The molecule has 72 valence electrons. The summed E-state index contributed by atoms with van der Waals surface area (Å²) in [6, 6.07) is 0. The molecule has 0 aromatic heterocycles. The van der Waals surface area contributed by atoms with Crippen LogP contribution in [0.5, 0.6) is 0 Å². The number of halogens is 1. The third-order valence-electron chi connectivity index (χ3n) is 2.57. The molecule has 1 rings (SSSR count). The maximum atomic E-state index is 11.9. The Balaban J connectivity index is 2.29. The maximum Gasteiger partial charge on any atom is 0.102 e. The quantitative estimate of drug-likeness (QED) is 0.623. The molecular weight excluding hydrogens is 159 g/mol. The van der Waals surface area contributed by atoms with Crippen LogP contribution in [-0.4, -0.2) is 48.5 Å². The summed E-state index contributed by atoms with van der Waals surface area (Å²) in [6.45, 7) is 2.02. The molecule has 0 aliphatic carbocycles. The lowest BCUT2D eigenvalue weighted by atomic mass is 9.92. The van der Waals surface area contributed by atoms with Crippen molar-refractivity contribution in [3.63, 3.8) is 0 Å². The van der Waals surface area contributed by atoms with Crippen LogP contribution in [0.3, 0.4) is 0 Å². The van der Waals surface area contributed by atoms with Gasteiger partial charge in [-0.3, -0.25) is 0 Å². The topological polar surface area (TPSA) is 49.5 Å². The van der Waals surface area contributed by atoms with E-state index in [1.54, 1.807) is 0 Å². The molecule has 0 radical (unpaired) electrons. The fourth-order valence-corrected chi connectivity index (χ4v) is 1.52. The van der Waals surface area contributed by atoms with Crippen molar-refractivity contribution < 1.29 is 9.50 Å². The highest BCUT2D eigenvalue weighted by Crippen LogP contribution is 2.20. The van der Waals surface area contributed by atoms with E-state index in [2.05, 4.69) is 0 Å². The van der Waals surface area contributed by atoms with Gasteiger partial charge < -0.3 is 15.7 Å². The van der Waals surface area contributed by atoms with Crippen molar-refractivity contribution in [3.8, 4) is 0 Å². The Morgan fingerprint density at radius 1 is 1.42 bits per heavy atom. The second-order valence-electron chi connectivity index (χ2n) is 3.46. The zero-order chi connectivity index (χ0) is 9.03. The summed E-state index contributed by atoms with van der Waals surface area (Å²) in [5.74, 6) is 0. The van der Waals surface area contributed by atoms with Crippen molar-refractivity contribution in [2.45, 2.75) is 18.4 Å². The highest BCUT2D eigenvalue weighted by molar-refractivity contribution is 4.86. The molecule has 1 saturated heterocycles. The third kappa shape index (κ3) is 2.40. The number of alkyl halides is 1. The van der Waals surface area contributed by atoms with Crippen molar-refractivity contribution in [1.29, 1.82) is 0 Å². The Morgan fingerprint density at radius 3 is 2.42 bits per heavy atom. The molecule has 0 spiro atoms. The first kappa shape index (κ1) is 9.89. The van der Waals surface area contributed by atoms with E-state index >= 15 is 0 Å². The SMILES string of the molecule is NCC1(O)CCN(CCF)CC1. The molecule has 1 heterocycles. The van der Waals surface area contributed by atoms with Gasteiger partial charge in [0.25, 0.3) is 0 Å². The third-order valence-corrected chi connectivity index (χ3v) is 2.57. The van der Waals surface area contributed by atoms with Crippen molar-refractivity contribution in [2.75, 3.05) is 32.9 Å². The van der Waals surface area contributed by atoms with Crippen LogP contribution >= 0.6 is 0 Å². The second-order valence-corrected chi connectivity index (χ2v) is 3.46. The molecule has 0 aromatic rings. The van der Waals surface area contributed by atoms with Gasteiger partial charge in [0.05, 0.1) is 5.60 Å². The molecule has 0 unspecified atom stereocenters. The molecular formula is C8H17FN2O. The smallest absolute Gasteiger partial charge is 0.102 e. The lowest BCUT2D eigenvalue weighted by Gasteiger charge is -2.36. The van der Waals surface area contributed by atoms with Crippen LogP contribution in [0.2, 0.25) is 0 Å². The molecule has 0 saturated carbocycles. The largest absolute Gasteiger partial charge is 0.388 e. The fraction of sp³-hybridized carbons (Fsp3) is 1.00. The lowest BCUT2D eigenvalue weighted by Crippen LogP contribution is -2.49. The van der Waals surface area contributed by atoms with Gasteiger partial charge in [-0.05, 0) is 12.8 Å². The van der Waals surface area contributed by atoms with E-state index in [1.165, 1.54) is 0 Å². The van der Waals surface area contributed by atoms with Crippen LogP contribution < -0.4 is 5.73 Å². The molecule has 12 heavy (non-hydrogen) atoms. The summed E-state index contributed by atoms with van der Waals surface area (Å²) in [4.78, 5) is 2.02. The van der Waals surface area contributed by atoms with Crippen LogP contribution in [0.1, 0.15) is 12.8 Å². The Labute approximate surface area is 72.3 Å². The van der Waals surface area contributed by atoms with Gasteiger partial charge in [-0.2, -0.15) is 0 Å². The average molecular weight is 176 g/mol. The van der Waals surface area contributed by atoms with Gasteiger partial charge in [-0.15, -0.1) is 0 Å². The summed E-state index contributed by atoms with van der Waals surface area (Å²) in [5, 5.41) is 9.72. The Bertz CT molecular complexity index is 135. The number of nitrogens with two attached hydrogens (primary N) is 1. The minimum absolute atomic E-state index is 0.305. The zero-order valence-electron chi connectivity index (χ0n) is 7.30. The monoisotopic (exact) mass is 176 g/mol. The predicted molar refractivity (Wildman–Crippen MR) is 45.7 cm³/mol. The first-order chi connectivity index (χ1) is 5.70. The standard InChI is InChI=1S/C8H17FN2O/c9-3-6-11-4-1-8(12,7-10)2-5-11/h12H,1-7,10H2. The van der Waals surface area contributed by atoms with E-state index in [0.29, 0.717) is 25.9 Å². The van der Waals surface area contributed by atoms with E-state index in [1.807, 2.05) is 4.90 Å². The number of nitrogens with zero attached hydrogens (tertiary/aromatic N) is 1. The van der Waals surface area contributed by atoms with Crippen molar-refractivity contribution in [3.05, 3.63) is 0 Å². The minimum Gasteiger partial charge on any atom is -0.388 e. The minimum atomic E-state index is -0.688. The van der Waals surface area contributed by atoms with Gasteiger partial charge >= 0.3 is 0 Å². The summed E-state index contributed by atoms with van der Waals surface area (Å²) in [5.41, 5.74) is 4.73. The Kier molecular flexibility index (Phi) is 3.43. The highest BCUT2D eigenvalue weighted by Gasteiger charge is 2.30. The van der Waals surface area contributed by atoms with Gasteiger partial charge in [0, 0.05) is 26.2 Å².